The Morgan fingerprint density at radius 1 is 1.06 bits per heavy atom. The van der Waals surface area contributed by atoms with Crippen LogP contribution >= 0.6 is 0 Å². The second-order valence-corrected chi connectivity index (χ2v) is 10.7. The molecule has 0 aliphatic carbocycles. The molecule has 33 heavy (non-hydrogen) atoms. The van der Waals surface area contributed by atoms with Gasteiger partial charge in [-0.15, -0.1) is 0 Å². The molecule has 0 spiro atoms. The molecule has 0 saturated heterocycles. The first-order chi connectivity index (χ1) is 15.8. The molecule has 0 radical (unpaired) electrons. The molecule has 0 aromatic heterocycles. The minimum absolute atomic E-state index is 0.157. The first-order valence-electron chi connectivity index (χ1n) is 11.2. The molecule has 0 fully saturated rings. The predicted molar refractivity (Wildman–Crippen MR) is 125 cm³/mol. The number of hydrogen-bond acceptors (Lipinski definition) is 6. The van der Waals surface area contributed by atoms with Crippen molar-refractivity contribution in [3.05, 3.63) is 64.7 Å². The molecule has 178 valence electrons. The van der Waals surface area contributed by atoms with Crippen LogP contribution in [0.3, 0.4) is 0 Å². The molecule has 2 aliphatic heterocycles. The number of rotatable bonds is 8. The molecular formula is C24H31N3O5S. The molecule has 9 heteroatoms. The molecule has 2 heterocycles. The lowest BCUT2D eigenvalue weighted by atomic mass is 10.00. The standard InChI is InChI=1S/C24H31N3O5S/c1-33(30,31)27-12-10-22-20(15-27)7-4-8-23(22)32-17-24(29)25-13-21(28)16-26-11-9-18-5-2-3-6-19(18)14-26/h2-8,21,28H,9-17H2,1H3,(H,25,29). The van der Waals surface area contributed by atoms with Gasteiger partial charge < -0.3 is 15.2 Å². The van der Waals surface area contributed by atoms with Gasteiger partial charge in [0.1, 0.15) is 5.75 Å². The second kappa shape index (κ2) is 10.2. The summed E-state index contributed by atoms with van der Waals surface area (Å²) in [5.74, 6) is 0.299. The second-order valence-electron chi connectivity index (χ2n) is 8.74. The molecule has 2 aromatic carbocycles. The molecule has 2 aliphatic rings. The zero-order valence-electron chi connectivity index (χ0n) is 18.9. The van der Waals surface area contributed by atoms with Crippen LogP contribution in [0.25, 0.3) is 0 Å². The third-order valence-corrected chi connectivity index (χ3v) is 7.48. The number of nitrogens with zero attached hydrogens (tertiary/aromatic N) is 2. The topological polar surface area (TPSA) is 99.2 Å². The highest BCUT2D eigenvalue weighted by atomic mass is 32.2. The highest BCUT2D eigenvalue weighted by molar-refractivity contribution is 7.88. The van der Waals surface area contributed by atoms with Crippen LogP contribution < -0.4 is 10.1 Å². The molecule has 2 aromatic rings. The first kappa shape index (κ1) is 23.7. The molecule has 2 N–H and O–H groups in total. The number of ether oxygens (including phenoxy) is 1. The fourth-order valence-corrected chi connectivity index (χ4v) is 5.26. The Labute approximate surface area is 195 Å². The average Bonchev–Trinajstić information content (AvgIpc) is 2.80. The molecule has 1 atom stereocenters. The summed E-state index contributed by atoms with van der Waals surface area (Å²) < 4.78 is 30.8. The van der Waals surface area contributed by atoms with Gasteiger partial charge in [-0.1, -0.05) is 36.4 Å². The van der Waals surface area contributed by atoms with Gasteiger partial charge >= 0.3 is 0 Å². The number of aliphatic hydroxyl groups is 1. The highest BCUT2D eigenvalue weighted by Crippen LogP contribution is 2.29. The van der Waals surface area contributed by atoms with Crippen molar-refractivity contribution in [2.24, 2.45) is 0 Å². The fraction of sp³-hybridized carbons (Fsp3) is 0.458. The van der Waals surface area contributed by atoms with E-state index in [1.54, 1.807) is 12.1 Å². The van der Waals surface area contributed by atoms with Gasteiger partial charge in [0.15, 0.2) is 6.61 Å². The Bertz CT molecular complexity index is 1110. The minimum atomic E-state index is -3.25. The van der Waals surface area contributed by atoms with Crippen molar-refractivity contribution in [3.63, 3.8) is 0 Å². The van der Waals surface area contributed by atoms with Crippen LogP contribution in [0.5, 0.6) is 5.75 Å². The number of benzene rings is 2. The van der Waals surface area contributed by atoms with Gasteiger partial charge in [-0.05, 0) is 41.2 Å². The van der Waals surface area contributed by atoms with Gasteiger partial charge in [-0.2, -0.15) is 4.31 Å². The van der Waals surface area contributed by atoms with E-state index in [0.29, 0.717) is 31.8 Å². The zero-order chi connectivity index (χ0) is 23.4. The summed E-state index contributed by atoms with van der Waals surface area (Å²) in [6.45, 7) is 2.91. The van der Waals surface area contributed by atoms with Gasteiger partial charge in [0.2, 0.25) is 10.0 Å². The number of amides is 1. The maximum absolute atomic E-state index is 12.3. The third-order valence-electron chi connectivity index (χ3n) is 6.23. The van der Waals surface area contributed by atoms with Crippen molar-refractivity contribution >= 4 is 15.9 Å². The Hall–Kier alpha value is -2.46. The van der Waals surface area contributed by atoms with E-state index in [9.17, 15) is 18.3 Å². The summed E-state index contributed by atoms with van der Waals surface area (Å²) >= 11 is 0. The Morgan fingerprint density at radius 3 is 2.61 bits per heavy atom. The van der Waals surface area contributed by atoms with Crippen molar-refractivity contribution in [3.8, 4) is 5.75 Å². The normalized spacial score (nSPS) is 17.6. The Morgan fingerprint density at radius 2 is 1.82 bits per heavy atom. The molecule has 8 nitrogen and oxygen atoms in total. The number of carbonyl (C=O) groups is 1. The predicted octanol–water partition coefficient (Wildman–Crippen LogP) is 0.919. The van der Waals surface area contributed by atoms with Crippen LogP contribution in [-0.2, 0) is 40.7 Å². The number of aliphatic hydroxyl groups excluding tert-OH is 1. The van der Waals surface area contributed by atoms with Crippen LogP contribution in [0.15, 0.2) is 42.5 Å². The largest absolute Gasteiger partial charge is 0.483 e. The highest BCUT2D eigenvalue weighted by Gasteiger charge is 2.25. The maximum Gasteiger partial charge on any atom is 0.258 e. The van der Waals surface area contributed by atoms with E-state index >= 15 is 0 Å². The number of fused-ring (bicyclic) bond motifs is 2. The maximum atomic E-state index is 12.3. The van der Waals surface area contributed by atoms with Crippen LogP contribution in [-0.4, -0.2) is 73.8 Å². The van der Waals surface area contributed by atoms with Crippen LogP contribution in [0.4, 0.5) is 0 Å². The number of hydrogen-bond donors (Lipinski definition) is 2. The van der Waals surface area contributed by atoms with Crippen LogP contribution in [0, 0.1) is 0 Å². The minimum Gasteiger partial charge on any atom is -0.483 e. The molecule has 1 unspecified atom stereocenters. The van der Waals surface area contributed by atoms with Crippen molar-refractivity contribution in [1.82, 2.24) is 14.5 Å². The SMILES string of the molecule is CS(=O)(=O)N1CCc2c(cccc2OCC(=O)NCC(O)CN2CCc3ccccc3C2)C1. The number of carbonyl (C=O) groups excluding carboxylic acids is 1. The summed E-state index contributed by atoms with van der Waals surface area (Å²) in [5, 5.41) is 13.1. The number of sulfonamides is 1. The lowest BCUT2D eigenvalue weighted by Crippen LogP contribution is -2.43. The summed E-state index contributed by atoms with van der Waals surface area (Å²) in [6.07, 6.45) is 2.05. The van der Waals surface area contributed by atoms with E-state index in [1.165, 1.54) is 21.7 Å². The van der Waals surface area contributed by atoms with Gasteiger partial charge in [0.25, 0.3) is 5.91 Å². The summed E-state index contributed by atoms with van der Waals surface area (Å²) in [6, 6.07) is 13.8. The summed E-state index contributed by atoms with van der Waals surface area (Å²) in [5.41, 5.74) is 4.48. The summed E-state index contributed by atoms with van der Waals surface area (Å²) in [4.78, 5) is 14.5. The van der Waals surface area contributed by atoms with E-state index in [0.717, 1.165) is 30.6 Å². The quantitative estimate of drug-likeness (QED) is 0.592. The molecule has 0 bridgehead atoms. The van der Waals surface area contributed by atoms with Gasteiger partial charge in [0, 0.05) is 39.3 Å². The van der Waals surface area contributed by atoms with Crippen LogP contribution in [0.2, 0.25) is 0 Å². The van der Waals surface area contributed by atoms with Crippen molar-refractivity contribution in [1.29, 1.82) is 0 Å². The van der Waals surface area contributed by atoms with Gasteiger partial charge in [-0.25, -0.2) is 8.42 Å². The van der Waals surface area contributed by atoms with Gasteiger partial charge in [0.05, 0.1) is 12.4 Å². The molecule has 4 rings (SSSR count). The lowest BCUT2D eigenvalue weighted by molar-refractivity contribution is -0.123. The van der Waals surface area contributed by atoms with Crippen molar-refractivity contribution in [2.45, 2.75) is 32.0 Å². The van der Waals surface area contributed by atoms with Crippen molar-refractivity contribution in [2.75, 3.05) is 39.0 Å². The summed E-state index contributed by atoms with van der Waals surface area (Å²) in [7, 11) is -3.25. The van der Waals surface area contributed by atoms with E-state index in [1.807, 2.05) is 12.1 Å². The smallest absolute Gasteiger partial charge is 0.258 e. The Balaban J connectivity index is 1.23. The average molecular weight is 474 g/mol. The van der Waals surface area contributed by atoms with Crippen LogP contribution in [0.1, 0.15) is 22.3 Å². The first-order valence-corrected chi connectivity index (χ1v) is 13.1. The van der Waals surface area contributed by atoms with E-state index in [-0.39, 0.29) is 19.1 Å². The number of nitrogens with one attached hydrogen (secondary N) is 1. The monoisotopic (exact) mass is 473 g/mol. The third kappa shape index (κ3) is 6.11. The fourth-order valence-electron chi connectivity index (χ4n) is 4.47. The number of β-amino-alcohol motifs (C(OH)–C–C–N with tert-alkyl or cyclic N) is 1. The zero-order valence-corrected chi connectivity index (χ0v) is 19.7. The van der Waals surface area contributed by atoms with Crippen molar-refractivity contribution < 1.29 is 23.1 Å². The van der Waals surface area contributed by atoms with Gasteiger partial charge in [-0.3, -0.25) is 9.69 Å². The Kier molecular flexibility index (Phi) is 7.33. The molecule has 1 amide bonds. The van der Waals surface area contributed by atoms with E-state index in [2.05, 4.69) is 28.4 Å². The van der Waals surface area contributed by atoms with E-state index < -0.39 is 16.1 Å². The van der Waals surface area contributed by atoms with E-state index in [4.69, 9.17) is 4.74 Å². The molecule has 0 saturated carbocycles. The lowest BCUT2D eigenvalue weighted by Gasteiger charge is -2.30. The molecular weight excluding hydrogens is 442 g/mol.